The monoisotopic (exact) mass is 956 g/mol. The zero-order valence-electron chi connectivity index (χ0n) is 38.9. The highest BCUT2D eigenvalue weighted by Crippen LogP contribution is 2.70. The molecule has 5 aliphatic heterocycles. The Kier molecular flexibility index (Phi) is 14.1. The van der Waals surface area contributed by atoms with E-state index in [-0.39, 0.29) is 61.1 Å². The van der Waals surface area contributed by atoms with Crippen molar-refractivity contribution in [1.82, 2.24) is 0 Å². The number of carbonyl (C=O) groups excluding carboxylic acids is 1. The predicted octanol–water partition coefficient (Wildman–Crippen LogP) is 0.135. The molecule has 0 aromatic carbocycles. The van der Waals surface area contributed by atoms with E-state index < -0.39 is 128 Å². The number of carboxylic acids is 1. The van der Waals surface area contributed by atoms with Crippen LogP contribution < -0.4 is 0 Å². The number of cyclic esters (lactones) is 1. The lowest BCUT2D eigenvalue weighted by molar-refractivity contribution is -0.352. The van der Waals surface area contributed by atoms with Crippen LogP contribution in [0.3, 0.4) is 0 Å². The first-order chi connectivity index (χ1) is 31.6. The third kappa shape index (κ3) is 8.83. The highest BCUT2D eigenvalue weighted by atomic mass is 16.8. The smallest absolute Gasteiger partial charge is 0.335 e. The van der Waals surface area contributed by atoms with Gasteiger partial charge in [-0.3, -0.25) is 0 Å². The van der Waals surface area contributed by atoms with Crippen molar-refractivity contribution < 1.29 is 98.2 Å². The molecule has 9 rings (SSSR count). The van der Waals surface area contributed by atoms with Gasteiger partial charge in [0.2, 0.25) is 0 Å². The third-order valence-electron chi connectivity index (χ3n) is 18.0. The summed E-state index contributed by atoms with van der Waals surface area (Å²) in [4.78, 5) is 23.5. The van der Waals surface area contributed by atoms with E-state index in [0.717, 1.165) is 37.7 Å². The molecule has 5 heterocycles. The van der Waals surface area contributed by atoms with Crippen molar-refractivity contribution in [3.05, 3.63) is 11.6 Å². The molecule has 4 aliphatic carbocycles. The van der Waals surface area contributed by atoms with E-state index in [0.29, 0.717) is 25.2 Å². The minimum absolute atomic E-state index is 0.0103. The molecule has 8 fully saturated rings. The second-order valence-electron chi connectivity index (χ2n) is 21.7. The van der Waals surface area contributed by atoms with E-state index in [1.165, 1.54) is 0 Å². The minimum atomic E-state index is -1.90. The molecule has 9 aliphatic rings. The van der Waals surface area contributed by atoms with E-state index >= 15 is 0 Å². The lowest BCUT2D eigenvalue weighted by Crippen LogP contribution is -2.67. The number of esters is 1. The number of ether oxygens (including phenoxy) is 9. The van der Waals surface area contributed by atoms with Crippen LogP contribution in [-0.4, -0.2) is 187 Å². The third-order valence-corrected chi connectivity index (χ3v) is 18.0. The van der Waals surface area contributed by atoms with Crippen LogP contribution in [0.25, 0.3) is 0 Å². The first-order valence-corrected chi connectivity index (χ1v) is 24.4. The van der Waals surface area contributed by atoms with Gasteiger partial charge in [0.25, 0.3) is 0 Å². The Morgan fingerprint density at radius 1 is 0.657 bits per heavy atom. The zero-order chi connectivity index (χ0) is 48.1. The number of hydrogen-bond donors (Lipinski definition) is 9. The fourth-order valence-corrected chi connectivity index (χ4v) is 14.3. The van der Waals surface area contributed by atoms with Gasteiger partial charge in [0.05, 0.1) is 54.4 Å². The number of aliphatic carboxylic acids is 1. The Hall–Kier alpha value is -1.96. The van der Waals surface area contributed by atoms with Crippen LogP contribution in [0.2, 0.25) is 0 Å². The fraction of sp³-hybridized carbons (Fsp3) is 0.915. The molecule has 67 heavy (non-hydrogen) atoms. The van der Waals surface area contributed by atoms with Crippen molar-refractivity contribution in [1.29, 1.82) is 0 Å². The Morgan fingerprint density at radius 3 is 1.76 bits per heavy atom. The number of carboxylic acid groups (broad SMARTS) is 1. The highest BCUT2D eigenvalue weighted by Gasteiger charge is 2.71. The summed E-state index contributed by atoms with van der Waals surface area (Å²) in [5.74, 6) is -1.53. The molecular formula is C47H72O20. The molecule has 9 unspecified atom stereocenters. The van der Waals surface area contributed by atoms with Crippen molar-refractivity contribution in [2.45, 2.75) is 228 Å². The summed E-state index contributed by atoms with van der Waals surface area (Å²) in [6.07, 6.45) is -13.2. The number of rotatable bonds is 10. The van der Waals surface area contributed by atoms with Gasteiger partial charge in [0, 0.05) is 30.8 Å². The SMILES string of the molecule is C[C@@H]1O[C@H](OC2CCC3(C)C(CCC4C3CC(O)C3(C)C(C5=CC(=O)OC5)CCC43O)C2)C[C@@H](O)[C@H]1O[C@H]1C[C@H](O)[C@H](O[C@H]2C[C@H](O)[C@H](O[C@@H]3O[C@H](C(=O)O)[C@@H](O)[C@H](O)[C@H]3O)[C@@H](C)O2)[C@@H](C)O1. The molecular weight excluding hydrogens is 884 g/mol. The van der Waals surface area contributed by atoms with Gasteiger partial charge in [-0.1, -0.05) is 13.8 Å². The fourth-order valence-electron chi connectivity index (χ4n) is 14.3. The molecule has 4 saturated carbocycles. The van der Waals surface area contributed by atoms with Crippen molar-refractivity contribution >= 4 is 11.9 Å². The Balaban J connectivity index is 0.737. The van der Waals surface area contributed by atoms with Gasteiger partial charge in [-0.25, -0.2) is 9.59 Å². The van der Waals surface area contributed by atoms with Crippen molar-refractivity contribution in [3.63, 3.8) is 0 Å². The van der Waals surface area contributed by atoms with Crippen LogP contribution in [0.15, 0.2) is 11.6 Å². The van der Waals surface area contributed by atoms with Crippen LogP contribution in [0.5, 0.6) is 0 Å². The van der Waals surface area contributed by atoms with E-state index in [9.17, 15) is 55.5 Å². The van der Waals surface area contributed by atoms with Gasteiger partial charge in [-0.15, -0.1) is 0 Å². The van der Waals surface area contributed by atoms with E-state index in [4.69, 9.17) is 42.6 Å². The second kappa shape index (κ2) is 18.9. The largest absolute Gasteiger partial charge is 0.479 e. The van der Waals surface area contributed by atoms with Crippen LogP contribution >= 0.6 is 0 Å². The summed E-state index contributed by atoms with van der Waals surface area (Å²) in [7, 11) is 0. The molecule has 0 aromatic rings. The average Bonchev–Trinajstić information content (AvgIpc) is 3.82. The van der Waals surface area contributed by atoms with E-state index in [1.807, 2.05) is 6.92 Å². The van der Waals surface area contributed by atoms with Crippen molar-refractivity contribution in [3.8, 4) is 0 Å². The second-order valence-corrected chi connectivity index (χ2v) is 21.7. The maximum Gasteiger partial charge on any atom is 0.335 e. The zero-order valence-corrected chi connectivity index (χ0v) is 38.9. The van der Waals surface area contributed by atoms with Gasteiger partial charge in [0.15, 0.2) is 31.3 Å². The Labute approximate surface area is 389 Å². The first-order valence-electron chi connectivity index (χ1n) is 24.4. The molecule has 380 valence electrons. The maximum absolute atomic E-state index is 12.6. The first kappa shape index (κ1) is 50.0. The molecule has 0 spiro atoms. The van der Waals surface area contributed by atoms with Crippen molar-refractivity contribution in [2.24, 2.45) is 34.5 Å². The van der Waals surface area contributed by atoms with E-state index in [2.05, 4.69) is 6.92 Å². The normalized spacial score (nSPS) is 54.6. The lowest BCUT2D eigenvalue weighted by atomic mass is 9.42. The molecule has 0 amide bonds. The minimum Gasteiger partial charge on any atom is -0.479 e. The van der Waals surface area contributed by atoms with E-state index in [1.54, 1.807) is 26.8 Å². The number of aliphatic hydroxyl groups is 8. The molecule has 20 nitrogen and oxygen atoms in total. The van der Waals surface area contributed by atoms with Gasteiger partial charge < -0.3 is 88.6 Å². The molecule has 20 heteroatoms. The molecule has 9 N–H and O–H groups in total. The predicted molar refractivity (Wildman–Crippen MR) is 226 cm³/mol. The van der Waals surface area contributed by atoms with Crippen LogP contribution in [0, 0.1) is 34.5 Å². The summed E-state index contributed by atoms with van der Waals surface area (Å²) in [6, 6.07) is 0. The highest BCUT2D eigenvalue weighted by molar-refractivity contribution is 5.85. The van der Waals surface area contributed by atoms with Crippen LogP contribution in [-0.2, 0) is 52.2 Å². The summed E-state index contributed by atoms with van der Waals surface area (Å²) in [5.41, 5.74) is -1.02. The van der Waals surface area contributed by atoms with Gasteiger partial charge >= 0.3 is 11.9 Å². The standard InChI is InChI=1S/C47H72O20/c1-19-39(64-34-16-29(49)40(20(2)61-34)65-35-17-30(50)41(21(3)62-35)66-44-38(55)36(53)37(54)42(67-44)43(56)57)28(48)15-33(60-19)63-24-8-10-45(4)23(13-24)6-7-26-27(45)14-31(51)46(5)25(9-11-47(26,46)58)22-12-32(52)59-18-22/h12,19-21,23-31,33-42,44,48-51,53-55,58H,6-11,13-18H2,1-5H3,(H,56,57)/t19-,20+,21+,23?,24?,25?,26?,27?,28+,29-,30-,31?,33+,34-,35-,36-,37-,38+,39-,40+,41+,42-,44+,45?,46?,47?/m0/s1. The number of aliphatic hydroxyl groups excluding tert-OH is 7. The topological polar surface area (TPSA) is 299 Å². The van der Waals surface area contributed by atoms with Crippen molar-refractivity contribution in [2.75, 3.05) is 6.61 Å². The Bertz CT molecular complexity index is 1800. The van der Waals surface area contributed by atoms with Crippen LogP contribution in [0.1, 0.15) is 105 Å². The molecule has 0 aromatic heterocycles. The quantitative estimate of drug-likeness (QED) is 0.104. The molecule has 26 atom stereocenters. The van der Waals surface area contributed by atoms with Gasteiger partial charge in [0.1, 0.15) is 43.2 Å². The molecule has 0 bridgehead atoms. The number of hydrogen-bond acceptors (Lipinski definition) is 19. The summed E-state index contributed by atoms with van der Waals surface area (Å²) >= 11 is 0. The number of carbonyl (C=O) groups is 2. The summed E-state index contributed by atoms with van der Waals surface area (Å²) < 4.78 is 53.4. The lowest BCUT2D eigenvalue weighted by Gasteiger charge is -2.65. The molecule has 4 saturated heterocycles. The average molecular weight is 957 g/mol. The molecule has 0 radical (unpaired) electrons. The number of fused-ring (bicyclic) bond motifs is 5. The maximum atomic E-state index is 12.6. The van der Waals surface area contributed by atoms with Crippen LogP contribution in [0.4, 0.5) is 0 Å². The van der Waals surface area contributed by atoms with Gasteiger partial charge in [-0.05, 0) is 107 Å². The summed E-state index contributed by atoms with van der Waals surface area (Å²) in [5, 5.41) is 98.1. The Morgan fingerprint density at radius 2 is 1.22 bits per heavy atom. The summed E-state index contributed by atoms with van der Waals surface area (Å²) in [6.45, 7) is 9.62. The van der Waals surface area contributed by atoms with Gasteiger partial charge in [-0.2, -0.15) is 0 Å².